The first-order chi connectivity index (χ1) is 13.7. The molecule has 0 bridgehead atoms. The number of nitriles is 1. The third-order valence-electron chi connectivity index (χ3n) is 5.26. The van der Waals surface area contributed by atoms with Crippen molar-refractivity contribution in [3.63, 3.8) is 0 Å². The van der Waals surface area contributed by atoms with E-state index in [-0.39, 0.29) is 0 Å². The average molecular weight is 381 g/mol. The molecule has 2 aromatic carbocycles. The number of nitrogens with zero attached hydrogens (tertiary/aromatic N) is 5. The van der Waals surface area contributed by atoms with Gasteiger partial charge in [-0.2, -0.15) is 10.4 Å². The summed E-state index contributed by atoms with van der Waals surface area (Å²) in [6.45, 7) is 4.67. The van der Waals surface area contributed by atoms with Gasteiger partial charge < -0.3 is 4.90 Å². The molecule has 7 heteroatoms. The van der Waals surface area contributed by atoms with Crippen LogP contribution in [0.4, 0.5) is 14.5 Å². The van der Waals surface area contributed by atoms with Crippen LogP contribution in [0.5, 0.6) is 0 Å². The Labute approximate surface area is 162 Å². The van der Waals surface area contributed by atoms with Gasteiger partial charge >= 0.3 is 0 Å². The molecule has 0 aliphatic carbocycles. The van der Waals surface area contributed by atoms with Gasteiger partial charge in [0, 0.05) is 44.7 Å². The number of hydrogen-bond acceptors (Lipinski definition) is 4. The number of fused-ring (bicyclic) bond motifs is 1. The number of piperazine rings is 1. The van der Waals surface area contributed by atoms with Crippen LogP contribution in [-0.4, -0.2) is 47.4 Å². The highest BCUT2D eigenvalue weighted by Gasteiger charge is 2.20. The summed E-state index contributed by atoms with van der Waals surface area (Å²) < 4.78 is 29.3. The van der Waals surface area contributed by atoms with Gasteiger partial charge in [-0.05, 0) is 36.8 Å². The maximum Gasteiger partial charge on any atom is 0.182 e. The molecule has 0 atom stereocenters. The fourth-order valence-corrected chi connectivity index (χ4v) is 3.71. The Balaban J connectivity index is 1.30. The largest absolute Gasteiger partial charge is 0.367 e. The van der Waals surface area contributed by atoms with Gasteiger partial charge in [0.05, 0.1) is 29.0 Å². The van der Waals surface area contributed by atoms with Gasteiger partial charge in [-0.3, -0.25) is 9.58 Å². The maximum absolute atomic E-state index is 14.0. The summed E-state index contributed by atoms with van der Waals surface area (Å²) in [4.78, 5) is 4.24. The van der Waals surface area contributed by atoms with E-state index in [4.69, 9.17) is 5.26 Å². The topological polar surface area (TPSA) is 48.1 Å². The molecule has 2 heterocycles. The van der Waals surface area contributed by atoms with Crippen molar-refractivity contribution in [1.29, 1.82) is 5.26 Å². The van der Waals surface area contributed by atoms with E-state index in [1.165, 1.54) is 0 Å². The molecule has 3 aromatic rings. The average Bonchev–Trinajstić information content (AvgIpc) is 3.13. The zero-order valence-electron chi connectivity index (χ0n) is 15.5. The maximum atomic E-state index is 14.0. The number of benzene rings is 2. The molecule has 1 fully saturated rings. The van der Waals surface area contributed by atoms with Gasteiger partial charge in [0.15, 0.2) is 11.6 Å². The van der Waals surface area contributed by atoms with E-state index in [0.29, 0.717) is 24.3 Å². The molecule has 0 radical (unpaired) electrons. The summed E-state index contributed by atoms with van der Waals surface area (Å²) in [5, 5.41) is 14.5. The fraction of sp³-hybridized carbons (Fsp3) is 0.333. The van der Waals surface area contributed by atoms with Crippen LogP contribution in [-0.2, 0) is 6.54 Å². The van der Waals surface area contributed by atoms with Crippen molar-refractivity contribution in [2.45, 2.75) is 13.0 Å². The molecule has 0 N–H and O–H groups in total. The molecule has 0 amide bonds. The molecule has 5 nitrogen and oxygen atoms in total. The highest BCUT2D eigenvalue weighted by atomic mass is 19.2. The van der Waals surface area contributed by atoms with E-state index < -0.39 is 11.6 Å². The number of halogens is 2. The van der Waals surface area contributed by atoms with Crippen molar-refractivity contribution in [3.05, 3.63) is 59.8 Å². The van der Waals surface area contributed by atoms with Crippen molar-refractivity contribution >= 4 is 16.6 Å². The molecule has 1 aliphatic heterocycles. The number of aryl methyl sites for hydroxylation is 1. The molecular formula is C21H21F2N5. The predicted molar refractivity (Wildman–Crippen MR) is 104 cm³/mol. The predicted octanol–water partition coefficient (Wildman–Crippen LogP) is 3.40. The molecule has 0 saturated carbocycles. The minimum Gasteiger partial charge on any atom is -0.367 e. The highest BCUT2D eigenvalue weighted by molar-refractivity contribution is 5.80. The molecule has 1 aliphatic rings. The lowest BCUT2D eigenvalue weighted by molar-refractivity contribution is 0.249. The second-order valence-corrected chi connectivity index (χ2v) is 7.01. The van der Waals surface area contributed by atoms with Crippen molar-refractivity contribution in [2.75, 3.05) is 37.6 Å². The van der Waals surface area contributed by atoms with Crippen LogP contribution in [0.2, 0.25) is 0 Å². The number of hydrogen-bond donors (Lipinski definition) is 0. The van der Waals surface area contributed by atoms with Crippen molar-refractivity contribution in [1.82, 2.24) is 14.7 Å². The van der Waals surface area contributed by atoms with Crippen molar-refractivity contribution < 1.29 is 8.78 Å². The van der Waals surface area contributed by atoms with Gasteiger partial charge in [0.25, 0.3) is 0 Å². The Morgan fingerprint density at radius 1 is 1.04 bits per heavy atom. The summed E-state index contributed by atoms with van der Waals surface area (Å²) in [5.41, 5.74) is 1.95. The van der Waals surface area contributed by atoms with Gasteiger partial charge in [-0.1, -0.05) is 6.07 Å². The lowest BCUT2D eigenvalue weighted by Crippen LogP contribution is -2.47. The van der Waals surface area contributed by atoms with E-state index >= 15 is 0 Å². The zero-order valence-corrected chi connectivity index (χ0v) is 15.5. The highest BCUT2D eigenvalue weighted by Crippen LogP contribution is 2.23. The van der Waals surface area contributed by atoms with Gasteiger partial charge in [0.2, 0.25) is 0 Å². The van der Waals surface area contributed by atoms with E-state index in [9.17, 15) is 8.78 Å². The molecule has 1 saturated heterocycles. The van der Waals surface area contributed by atoms with Crippen molar-refractivity contribution in [2.24, 2.45) is 0 Å². The first-order valence-corrected chi connectivity index (χ1v) is 9.43. The second-order valence-electron chi connectivity index (χ2n) is 7.01. The lowest BCUT2D eigenvalue weighted by Gasteiger charge is -2.36. The summed E-state index contributed by atoms with van der Waals surface area (Å²) in [6.07, 6.45) is 2.75. The Hall–Kier alpha value is -2.98. The third kappa shape index (κ3) is 3.69. The third-order valence-corrected chi connectivity index (χ3v) is 5.26. The Morgan fingerprint density at radius 3 is 2.64 bits per heavy atom. The van der Waals surface area contributed by atoms with Crippen LogP contribution < -0.4 is 4.90 Å². The quantitative estimate of drug-likeness (QED) is 0.680. The lowest BCUT2D eigenvalue weighted by atomic mass is 10.2. The number of anilines is 1. The molecular weight excluding hydrogens is 360 g/mol. The van der Waals surface area contributed by atoms with Crippen LogP contribution in [0.15, 0.2) is 42.6 Å². The summed E-state index contributed by atoms with van der Waals surface area (Å²) in [6, 6.07) is 12.1. The van der Waals surface area contributed by atoms with Crippen LogP contribution in [0.1, 0.15) is 12.0 Å². The fourth-order valence-electron chi connectivity index (χ4n) is 3.71. The Kier molecular flexibility index (Phi) is 5.22. The van der Waals surface area contributed by atoms with E-state index in [0.717, 1.165) is 49.6 Å². The number of aromatic nitrogens is 2. The Morgan fingerprint density at radius 2 is 1.86 bits per heavy atom. The van der Waals surface area contributed by atoms with E-state index in [1.807, 2.05) is 27.9 Å². The Bertz CT molecular complexity index is 1020. The molecule has 0 unspecified atom stereocenters. The van der Waals surface area contributed by atoms with Crippen LogP contribution in [0.25, 0.3) is 10.9 Å². The normalized spacial score (nSPS) is 15.1. The van der Waals surface area contributed by atoms with Gasteiger partial charge in [-0.15, -0.1) is 0 Å². The summed E-state index contributed by atoms with van der Waals surface area (Å²) in [7, 11) is 0. The summed E-state index contributed by atoms with van der Waals surface area (Å²) >= 11 is 0. The van der Waals surface area contributed by atoms with Crippen LogP contribution in [0.3, 0.4) is 0 Å². The SMILES string of the molecule is N#Cc1ccc2cnn(CCCN3CCN(c4cccc(F)c4F)CC3)c2c1. The second kappa shape index (κ2) is 7.95. The first kappa shape index (κ1) is 18.4. The molecule has 28 heavy (non-hydrogen) atoms. The molecule has 4 rings (SSSR count). The number of rotatable bonds is 5. The minimum atomic E-state index is -0.800. The molecule has 144 valence electrons. The molecule has 1 aromatic heterocycles. The van der Waals surface area contributed by atoms with Crippen LogP contribution in [0, 0.1) is 23.0 Å². The van der Waals surface area contributed by atoms with Gasteiger partial charge in [0.1, 0.15) is 0 Å². The van der Waals surface area contributed by atoms with Crippen LogP contribution >= 0.6 is 0 Å². The van der Waals surface area contributed by atoms with E-state index in [1.54, 1.807) is 18.2 Å². The molecule has 0 spiro atoms. The standard InChI is InChI=1S/C21H21F2N5/c22-18-3-1-4-19(21(18)23)27-11-9-26(10-12-27)7-2-8-28-20-13-16(14-24)5-6-17(20)15-25-28/h1,3-6,13,15H,2,7-12H2. The van der Waals surface area contributed by atoms with E-state index in [2.05, 4.69) is 16.1 Å². The minimum absolute atomic E-state index is 0.343. The smallest absolute Gasteiger partial charge is 0.182 e. The zero-order chi connectivity index (χ0) is 19.5. The first-order valence-electron chi connectivity index (χ1n) is 9.43. The monoisotopic (exact) mass is 381 g/mol. The summed E-state index contributed by atoms with van der Waals surface area (Å²) in [5.74, 6) is -1.57. The van der Waals surface area contributed by atoms with Gasteiger partial charge in [-0.25, -0.2) is 8.78 Å². The van der Waals surface area contributed by atoms with Crippen molar-refractivity contribution in [3.8, 4) is 6.07 Å².